The van der Waals surface area contributed by atoms with Crippen LogP contribution >= 0.6 is 0 Å². The third kappa shape index (κ3) is 5.24. The fourth-order valence-electron chi connectivity index (χ4n) is 1.52. The van der Waals surface area contributed by atoms with Crippen molar-refractivity contribution in [2.45, 2.75) is 56.9 Å². The van der Waals surface area contributed by atoms with Crippen LogP contribution in [0.3, 0.4) is 0 Å². The first-order chi connectivity index (χ1) is 9.23. The summed E-state index contributed by atoms with van der Waals surface area (Å²) in [6, 6.07) is 0. The molecule has 0 aliphatic rings. The van der Waals surface area contributed by atoms with Crippen LogP contribution in [0.5, 0.6) is 0 Å². The van der Waals surface area contributed by atoms with E-state index in [4.69, 9.17) is 10.2 Å². The van der Waals surface area contributed by atoms with E-state index in [1.165, 1.54) is 13.0 Å². The van der Waals surface area contributed by atoms with Crippen LogP contribution in [0.25, 0.3) is 0 Å². The van der Waals surface area contributed by atoms with Crippen molar-refractivity contribution in [3.63, 3.8) is 0 Å². The number of carbonyl (C=O) groups is 1. The number of allylic oxidation sites excluding steroid dienone is 1. The molecule has 124 valence electrons. The van der Waals surface area contributed by atoms with Crippen LogP contribution in [0.4, 0.5) is 22.0 Å². The molecule has 0 fully saturated rings. The number of aliphatic hydroxyl groups excluding tert-OH is 1. The van der Waals surface area contributed by atoms with Crippen molar-refractivity contribution in [3.8, 4) is 0 Å². The summed E-state index contributed by atoms with van der Waals surface area (Å²) in [7, 11) is 0. The van der Waals surface area contributed by atoms with E-state index in [1.54, 1.807) is 0 Å². The average molecular weight is 320 g/mol. The number of carboxylic acids is 1. The molecule has 0 spiro atoms. The molecule has 0 aromatic rings. The second-order valence-electron chi connectivity index (χ2n) is 4.93. The van der Waals surface area contributed by atoms with Crippen molar-refractivity contribution in [1.82, 2.24) is 0 Å². The van der Waals surface area contributed by atoms with Gasteiger partial charge >= 0.3 is 18.1 Å². The molecule has 0 radical (unpaired) electrons. The Balaban J connectivity index is 4.75. The zero-order valence-corrected chi connectivity index (χ0v) is 11.4. The van der Waals surface area contributed by atoms with E-state index in [2.05, 4.69) is 0 Å². The van der Waals surface area contributed by atoms with Gasteiger partial charge in [0.2, 0.25) is 6.10 Å². The minimum absolute atomic E-state index is 0.00746. The summed E-state index contributed by atoms with van der Waals surface area (Å²) in [5.74, 6) is -5.99. The molecule has 0 amide bonds. The van der Waals surface area contributed by atoms with Gasteiger partial charge in [-0.25, -0.2) is 13.6 Å². The smallest absolute Gasteiger partial charge is 0.420 e. The van der Waals surface area contributed by atoms with Crippen LogP contribution in [0.2, 0.25) is 0 Å². The molecule has 0 bridgehead atoms. The van der Waals surface area contributed by atoms with Gasteiger partial charge in [-0.1, -0.05) is 6.08 Å². The van der Waals surface area contributed by atoms with Gasteiger partial charge in [-0.2, -0.15) is 13.2 Å². The highest BCUT2D eigenvalue weighted by molar-refractivity contribution is 5.85. The molecule has 0 saturated carbocycles. The molecule has 2 atom stereocenters. The summed E-state index contributed by atoms with van der Waals surface area (Å²) in [6.45, 7) is 1.76. The fourth-order valence-corrected chi connectivity index (χ4v) is 1.52. The van der Waals surface area contributed by atoms with Crippen LogP contribution in [-0.2, 0) is 4.79 Å². The first-order valence-corrected chi connectivity index (χ1v) is 5.98. The third-order valence-electron chi connectivity index (χ3n) is 3.03. The molecule has 0 aromatic carbocycles. The third-order valence-corrected chi connectivity index (χ3v) is 3.03. The lowest BCUT2D eigenvalue weighted by atomic mass is 9.88. The van der Waals surface area contributed by atoms with Gasteiger partial charge in [-0.05, 0) is 33.1 Å². The lowest BCUT2D eigenvalue weighted by Crippen LogP contribution is -2.58. The maximum atomic E-state index is 13.5. The Morgan fingerprint density at radius 3 is 2.10 bits per heavy atom. The number of aliphatic hydroxyl groups is 2. The summed E-state index contributed by atoms with van der Waals surface area (Å²) in [4.78, 5) is 10.5. The standard InChI is InChI=1S/C12H17F5O4/c1-7(8(18)19)5-3-4-6-10(2,21)11(13,14)9(20)12(15,16)17/h5,9,20-21H,3-4,6H2,1-2H3,(H,18,19). The minimum atomic E-state index is -5.56. The van der Waals surface area contributed by atoms with Gasteiger partial charge in [0.15, 0.2) is 0 Å². The maximum absolute atomic E-state index is 13.5. The molecule has 0 rings (SSSR count). The van der Waals surface area contributed by atoms with E-state index in [9.17, 15) is 31.9 Å². The SMILES string of the molecule is CC(=CCCCC(C)(O)C(F)(F)C(O)C(F)(F)F)C(=O)O. The molecule has 3 N–H and O–H groups in total. The number of alkyl halides is 5. The van der Waals surface area contributed by atoms with Crippen LogP contribution in [0.15, 0.2) is 11.6 Å². The molecule has 0 saturated heterocycles. The Morgan fingerprint density at radius 1 is 1.24 bits per heavy atom. The number of hydrogen-bond acceptors (Lipinski definition) is 3. The predicted molar refractivity (Wildman–Crippen MR) is 62.9 cm³/mol. The molecule has 0 aliphatic heterocycles. The van der Waals surface area contributed by atoms with Crippen molar-refractivity contribution in [3.05, 3.63) is 11.6 Å². The second-order valence-corrected chi connectivity index (χ2v) is 4.93. The molecule has 9 heteroatoms. The normalized spacial score (nSPS) is 18.2. The zero-order chi connectivity index (χ0) is 17.1. The molecular weight excluding hydrogens is 303 g/mol. The van der Waals surface area contributed by atoms with Crippen molar-refractivity contribution >= 4 is 5.97 Å². The van der Waals surface area contributed by atoms with Gasteiger partial charge in [0.1, 0.15) is 5.60 Å². The van der Waals surface area contributed by atoms with Crippen molar-refractivity contribution in [2.75, 3.05) is 0 Å². The van der Waals surface area contributed by atoms with Gasteiger partial charge in [0, 0.05) is 5.57 Å². The highest BCUT2D eigenvalue weighted by atomic mass is 19.4. The average Bonchev–Trinajstić information content (AvgIpc) is 2.31. The number of halogens is 5. The van der Waals surface area contributed by atoms with E-state index >= 15 is 0 Å². The number of aliphatic carboxylic acids is 1. The minimum Gasteiger partial charge on any atom is -0.478 e. The fraction of sp³-hybridized carbons (Fsp3) is 0.750. The van der Waals surface area contributed by atoms with Crippen molar-refractivity contribution in [1.29, 1.82) is 0 Å². The van der Waals surface area contributed by atoms with Crippen LogP contribution in [0.1, 0.15) is 33.1 Å². The topological polar surface area (TPSA) is 77.8 Å². The first-order valence-electron chi connectivity index (χ1n) is 5.98. The van der Waals surface area contributed by atoms with E-state index in [-0.39, 0.29) is 18.4 Å². The highest BCUT2D eigenvalue weighted by Crippen LogP contribution is 2.41. The molecule has 0 heterocycles. The van der Waals surface area contributed by atoms with Crippen LogP contribution in [0, 0.1) is 0 Å². The molecule has 4 nitrogen and oxygen atoms in total. The zero-order valence-electron chi connectivity index (χ0n) is 11.4. The number of rotatable bonds is 7. The second kappa shape index (κ2) is 6.69. The van der Waals surface area contributed by atoms with E-state index in [0.29, 0.717) is 6.92 Å². The summed E-state index contributed by atoms with van der Waals surface area (Å²) < 4.78 is 63.4. The van der Waals surface area contributed by atoms with Gasteiger partial charge < -0.3 is 15.3 Å². The lowest BCUT2D eigenvalue weighted by Gasteiger charge is -2.36. The largest absolute Gasteiger partial charge is 0.478 e. The van der Waals surface area contributed by atoms with Gasteiger partial charge in [0.25, 0.3) is 0 Å². The highest BCUT2D eigenvalue weighted by Gasteiger charge is 2.63. The van der Waals surface area contributed by atoms with E-state index in [1.807, 2.05) is 0 Å². The Hall–Kier alpha value is -1.22. The monoisotopic (exact) mass is 320 g/mol. The lowest BCUT2D eigenvalue weighted by molar-refractivity contribution is -0.311. The van der Waals surface area contributed by atoms with Gasteiger partial charge in [0.05, 0.1) is 0 Å². The maximum Gasteiger partial charge on any atom is 0.420 e. The summed E-state index contributed by atoms with van der Waals surface area (Å²) in [5, 5.41) is 26.7. The molecule has 2 unspecified atom stereocenters. The molecule has 21 heavy (non-hydrogen) atoms. The quantitative estimate of drug-likeness (QED) is 0.383. The molecular formula is C12H17F5O4. The summed E-state index contributed by atoms with van der Waals surface area (Å²) in [5.41, 5.74) is -3.12. The Labute approximate surface area is 117 Å². The number of carboxylic acid groups (broad SMARTS) is 1. The predicted octanol–water partition coefficient (Wildman–Crippen LogP) is 2.50. The van der Waals surface area contributed by atoms with Crippen LogP contribution < -0.4 is 0 Å². The van der Waals surface area contributed by atoms with Crippen molar-refractivity contribution < 1.29 is 42.1 Å². The number of unbranched alkanes of at least 4 members (excludes halogenated alkanes) is 1. The molecule has 0 aliphatic carbocycles. The van der Waals surface area contributed by atoms with E-state index in [0.717, 1.165) is 0 Å². The summed E-state index contributed by atoms with van der Waals surface area (Å²) >= 11 is 0. The summed E-state index contributed by atoms with van der Waals surface area (Å²) in [6.07, 6.45) is -9.25. The van der Waals surface area contributed by atoms with Gasteiger partial charge in [-0.15, -0.1) is 0 Å². The van der Waals surface area contributed by atoms with E-state index < -0.39 is 36.2 Å². The Bertz CT molecular complexity index is 401. The first kappa shape index (κ1) is 19.8. The van der Waals surface area contributed by atoms with Crippen molar-refractivity contribution in [2.24, 2.45) is 0 Å². The Morgan fingerprint density at radius 2 is 1.71 bits per heavy atom. The number of hydrogen-bond donors (Lipinski definition) is 3. The van der Waals surface area contributed by atoms with Crippen LogP contribution in [-0.4, -0.2) is 45.1 Å². The molecule has 0 aromatic heterocycles. The Kier molecular flexibility index (Phi) is 6.31. The van der Waals surface area contributed by atoms with Gasteiger partial charge in [-0.3, -0.25) is 0 Å².